The predicted octanol–water partition coefficient (Wildman–Crippen LogP) is -0.879. The minimum atomic E-state index is -2.88. The zero-order valence-corrected chi connectivity index (χ0v) is 9.68. The van der Waals surface area contributed by atoms with Crippen molar-refractivity contribution in [1.82, 2.24) is 4.57 Å². The van der Waals surface area contributed by atoms with E-state index in [1.807, 2.05) is 38.4 Å². The van der Waals surface area contributed by atoms with Crippen LogP contribution in [-0.4, -0.2) is 22.9 Å². The first kappa shape index (κ1) is 9.52. The Labute approximate surface area is 85.8 Å². The molecule has 0 fully saturated rings. The van der Waals surface area contributed by atoms with Crippen molar-refractivity contribution in [1.29, 1.82) is 0 Å². The van der Waals surface area contributed by atoms with E-state index in [0.717, 1.165) is 11.0 Å². The number of hydrogen-bond donors (Lipinski definition) is 1. The normalized spacial score (nSPS) is 13.4. The summed E-state index contributed by atoms with van der Waals surface area (Å²) in [6, 6.07) is 7.72. The van der Waals surface area contributed by atoms with E-state index in [-0.39, 0.29) is 0 Å². The van der Waals surface area contributed by atoms with Crippen molar-refractivity contribution >= 4 is 29.9 Å². The maximum absolute atomic E-state index is 11.2. The van der Waals surface area contributed by atoms with E-state index in [1.54, 1.807) is 9.13 Å². The van der Waals surface area contributed by atoms with Crippen LogP contribution < -0.4 is 9.29 Å². The van der Waals surface area contributed by atoms with E-state index in [2.05, 4.69) is 0 Å². The second-order valence-corrected chi connectivity index (χ2v) is 4.95. The average molecular weight is 258 g/mol. The van der Waals surface area contributed by atoms with Crippen molar-refractivity contribution < 1.29 is 12.6 Å². The summed E-state index contributed by atoms with van der Waals surface area (Å²) in [5.41, 5.74) is 1.95. The summed E-state index contributed by atoms with van der Waals surface area (Å²) in [6.45, 7) is 0. The Balaban J connectivity index is 2.92. The van der Waals surface area contributed by atoms with Gasteiger partial charge in [-0.05, 0) is 0 Å². The third kappa shape index (κ3) is 1.21. The summed E-state index contributed by atoms with van der Waals surface area (Å²) >= 11 is -2.88. The first-order valence-electron chi connectivity index (χ1n) is 4.17. The van der Waals surface area contributed by atoms with Gasteiger partial charge < -0.3 is 0 Å². The Kier molecular flexibility index (Phi) is 2.23. The molecule has 1 aromatic carbocycles. The first-order valence-corrected chi connectivity index (χ1v) is 6.49. The molecule has 2 aromatic rings. The second-order valence-electron chi connectivity index (χ2n) is 3.14. The number of rotatable bonds is 1. The molecule has 1 aromatic heterocycles. The van der Waals surface area contributed by atoms with Gasteiger partial charge in [-0.2, -0.15) is 0 Å². The number of aryl methyl sites for hydroxylation is 2. The van der Waals surface area contributed by atoms with E-state index in [9.17, 15) is 8.02 Å². The van der Waals surface area contributed by atoms with Crippen LogP contribution in [0, 0.1) is 0 Å². The SMILES string of the molecule is Cn1c([Se](=O)O)[n+](C)c2ccccc21. The zero-order valence-electron chi connectivity index (χ0n) is 7.97. The topological polar surface area (TPSA) is 46.1 Å². The fraction of sp³-hybridized carbons (Fsp3) is 0.222. The Bertz CT molecular complexity index is 480. The van der Waals surface area contributed by atoms with Crippen LogP contribution in [0.1, 0.15) is 0 Å². The molecule has 1 N–H and O–H groups in total. The van der Waals surface area contributed by atoms with Gasteiger partial charge in [0.1, 0.15) is 0 Å². The monoisotopic (exact) mass is 259 g/mol. The molecule has 4 nitrogen and oxygen atoms in total. The van der Waals surface area contributed by atoms with Gasteiger partial charge in [0, 0.05) is 0 Å². The molecular weight excluding hydrogens is 247 g/mol. The number of imidazole rings is 1. The van der Waals surface area contributed by atoms with Gasteiger partial charge in [0.15, 0.2) is 0 Å². The molecule has 74 valence electrons. The summed E-state index contributed by atoms with van der Waals surface area (Å²) in [5, 5.41) is 0. The standard InChI is InChI=1S/C9H10N2O2Se/c1-10-7-5-3-4-6-8(7)11(2)9(10)14(12)13/h3-6H,1-2H3/p+1. The van der Waals surface area contributed by atoms with Crippen molar-refractivity contribution in [3.8, 4) is 0 Å². The number of para-hydroxylation sites is 2. The fourth-order valence-corrected chi connectivity index (χ4v) is 3.09. The number of nitrogens with zero attached hydrogens (tertiary/aromatic N) is 2. The Hall–Kier alpha value is -1.03. The summed E-state index contributed by atoms with van der Waals surface area (Å²) in [7, 11) is 3.62. The zero-order chi connectivity index (χ0) is 10.3. The molecule has 5 heteroatoms. The van der Waals surface area contributed by atoms with E-state index >= 15 is 0 Å². The second kappa shape index (κ2) is 3.28. The van der Waals surface area contributed by atoms with Crippen molar-refractivity contribution in [2.45, 2.75) is 0 Å². The molecule has 0 bridgehead atoms. The van der Waals surface area contributed by atoms with Gasteiger partial charge in [0.2, 0.25) is 0 Å². The number of hydrogen-bond acceptors (Lipinski definition) is 1. The van der Waals surface area contributed by atoms with Gasteiger partial charge in [-0.1, -0.05) is 0 Å². The summed E-state index contributed by atoms with van der Waals surface area (Å²) < 4.78 is 24.4. The molecule has 0 aliphatic carbocycles. The van der Waals surface area contributed by atoms with E-state index in [0.29, 0.717) is 4.72 Å². The van der Waals surface area contributed by atoms with Crippen molar-refractivity contribution in [3.63, 3.8) is 0 Å². The molecule has 0 spiro atoms. The molecule has 0 saturated carbocycles. The van der Waals surface area contributed by atoms with Crippen LogP contribution in [0.3, 0.4) is 0 Å². The van der Waals surface area contributed by atoms with E-state index in [4.69, 9.17) is 0 Å². The van der Waals surface area contributed by atoms with Gasteiger partial charge in [-0.15, -0.1) is 0 Å². The van der Waals surface area contributed by atoms with Gasteiger partial charge in [-0.25, -0.2) is 0 Å². The summed E-state index contributed by atoms with van der Waals surface area (Å²) in [4.78, 5) is 0. The van der Waals surface area contributed by atoms with Crippen LogP contribution in [0.4, 0.5) is 0 Å². The average Bonchev–Trinajstić information content (AvgIpc) is 2.41. The minimum absolute atomic E-state index is 0.492. The molecule has 0 amide bonds. The molecule has 2 rings (SSSR count). The van der Waals surface area contributed by atoms with Crippen LogP contribution in [-0.2, 0) is 17.9 Å². The molecule has 0 aliphatic rings. The fourth-order valence-electron chi connectivity index (χ4n) is 1.70. The van der Waals surface area contributed by atoms with Crippen LogP contribution in [0.2, 0.25) is 0 Å². The Morgan fingerprint density at radius 1 is 1.43 bits per heavy atom. The van der Waals surface area contributed by atoms with Crippen LogP contribution >= 0.6 is 0 Å². The molecule has 0 aliphatic heterocycles. The third-order valence-electron chi connectivity index (χ3n) is 2.33. The molecular formula is C9H11N2O2Se+. The van der Waals surface area contributed by atoms with Gasteiger partial charge in [0.05, 0.1) is 0 Å². The molecule has 1 unspecified atom stereocenters. The van der Waals surface area contributed by atoms with Gasteiger partial charge >= 0.3 is 85.4 Å². The Morgan fingerprint density at radius 2 is 2.07 bits per heavy atom. The molecule has 1 heterocycles. The molecule has 14 heavy (non-hydrogen) atoms. The number of aromatic nitrogens is 2. The summed E-state index contributed by atoms with van der Waals surface area (Å²) in [5.74, 6) is 0. The van der Waals surface area contributed by atoms with E-state index < -0.39 is 14.2 Å². The molecule has 0 radical (unpaired) electrons. The van der Waals surface area contributed by atoms with Crippen LogP contribution in [0.25, 0.3) is 11.0 Å². The van der Waals surface area contributed by atoms with Gasteiger partial charge in [-0.3, -0.25) is 0 Å². The van der Waals surface area contributed by atoms with Gasteiger partial charge in [0.25, 0.3) is 0 Å². The molecule has 1 atom stereocenters. The van der Waals surface area contributed by atoms with Crippen LogP contribution in [0.5, 0.6) is 0 Å². The first-order chi connectivity index (χ1) is 6.63. The third-order valence-corrected chi connectivity index (χ3v) is 4.14. The van der Waals surface area contributed by atoms with E-state index in [1.165, 1.54) is 0 Å². The van der Waals surface area contributed by atoms with Crippen molar-refractivity contribution in [3.05, 3.63) is 24.3 Å². The predicted molar refractivity (Wildman–Crippen MR) is 52.4 cm³/mol. The number of fused-ring (bicyclic) bond motifs is 1. The Morgan fingerprint density at radius 3 is 2.64 bits per heavy atom. The quantitative estimate of drug-likeness (QED) is 0.533. The maximum atomic E-state index is 11.2. The summed E-state index contributed by atoms with van der Waals surface area (Å²) in [6.07, 6.45) is 0. The molecule has 0 saturated heterocycles. The van der Waals surface area contributed by atoms with Crippen LogP contribution in [0.15, 0.2) is 24.3 Å². The van der Waals surface area contributed by atoms with Crippen molar-refractivity contribution in [2.75, 3.05) is 0 Å². The number of benzene rings is 1. The van der Waals surface area contributed by atoms with Crippen molar-refractivity contribution in [2.24, 2.45) is 14.1 Å².